The van der Waals surface area contributed by atoms with Gasteiger partial charge in [0.05, 0.1) is 10.5 Å². The second kappa shape index (κ2) is 9.92. The van der Waals surface area contributed by atoms with Crippen molar-refractivity contribution in [1.82, 2.24) is 14.5 Å². The molecule has 178 valence electrons. The van der Waals surface area contributed by atoms with Gasteiger partial charge in [0.15, 0.2) is 0 Å². The summed E-state index contributed by atoms with van der Waals surface area (Å²) in [6.07, 6.45) is 9.29. The van der Waals surface area contributed by atoms with E-state index in [0.717, 1.165) is 64.7 Å². The summed E-state index contributed by atoms with van der Waals surface area (Å²) in [6, 6.07) is 14.7. The normalized spacial score (nSPS) is 13.4. The molecule has 1 aliphatic rings. The van der Waals surface area contributed by atoms with Crippen molar-refractivity contribution >= 4 is 40.2 Å². The number of hydrogen-bond donors (Lipinski definition) is 2. The number of aryl methyl sites for hydroxylation is 1. The Morgan fingerprint density at radius 1 is 1.09 bits per heavy atom. The monoisotopic (exact) mass is 484 g/mol. The molecule has 0 bridgehead atoms. The standard InChI is InChI=1S/C28H29ClN6/c1-19-32-18-23(34(19)2)15-21-7-10-26-24(17-21)27(29)25(28(33-26)35-13-4-14-35)16-20-5-8-22(9-6-20)31-12-3-11-30/h3,5-12,17-18,30-31H,4,13-16H2,1-2H3/b12-3-,30-11?. The zero-order chi connectivity index (χ0) is 24.4. The van der Waals surface area contributed by atoms with Gasteiger partial charge in [-0.1, -0.05) is 29.8 Å². The molecule has 0 unspecified atom stereocenters. The molecule has 6 nitrogen and oxygen atoms in total. The maximum absolute atomic E-state index is 7.12. The van der Waals surface area contributed by atoms with Crippen LogP contribution in [0.1, 0.15) is 34.6 Å². The highest BCUT2D eigenvalue weighted by molar-refractivity contribution is 6.36. The molecule has 0 aliphatic carbocycles. The van der Waals surface area contributed by atoms with Crippen LogP contribution in [0.15, 0.2) is 60.9 Å². The highest BCUT2D eigenvalue weighted by atomic mass is 35.5. The molecule has 0 radical (unpaired) electrons. The third-order valence-electron chi connectivity index (χ3n) is 6.69. The number of fused-ring (bicyclic) bond motifs is 1. The zero-order valence-electron chi connectivity index (χ0n) is 20.1. The molecule has 2 aromatic heterocycles. The molecule has 1 fully saturated rings. The van der Waals surface area contributed by atoms with Gasteiger partial charge in [0.2, 0.25) is 0 Å². The van der Waals surface area contributed by atoms with Crippen LogP contribution >= 0.6 is 11.6 Å². The zero-order valence-corrected chi connectivity index (χ0v) is 20.8. The average Bonchev–Trinajstić information content (AvgIpc) is 3.14. The van der Waals surface area contributed by atoms with Crippen molar-refractivity contribution < 1.29 is 0 Å². The molecular formula is C28H29ClN6. The minimum Gasteiger partial charge on any atom is -0.362 e. The predicted octanol–water partition coefficient (Wildman–Crippen LogP) is 5.90. The average molecular weight is 485 g/mol. The minimum atomic E-state index is 0.718. The van der Waals surface area contributed by atoms with E-state index in [4.69, 9.17) is 22.0 Å². The summed E-state index contributed by atoms with van der Waals surface area (Å²) in [6.45, 7) is 4.05. The number of rotatable bonds is 8. The van der Waals surface area contributed by atoms with Crippen LogP contribution in [0.5, 0.6) is 0 Å². The van der Waals surface area contributed by atoms with E-state index in [1.54, 1.807) is 12.3 Å². The van der Waals surface area contributed by atoms with Crippen molar-refractivity contribution in [3.63, 3.8) is 0 Å². The first-order valence-corrected chi connectivity index (χ1v) is 12.3. The van der Waals surface area contributed by atoms with Gasteiger partial charge in [0.25, 0.3) is 0 Å². The Hall–Kier alpha value is -3.64. The molecule has 7 heteroatoms. The molecule has 2 N–H and O–H groups in total. The molecular weight excluding hydrogens is 456 g/mol. The lowest BCUT2D eigenvalue weighted by Crippen LogP contribution is -2.38. The second-order valence-electron chi connectivity index (χ2n) is 9.00. The maximum Gasteiger partial charge on any atom is 0.134 e. The van der Waals surface area contributed by atoms with Crippen molar-refractivity contribution in [2.24, 2.45) is 7.05 Å². The summed E-state index contributed by atoms with van der Waals surface area (Å²) in [7, 11) is 2.05. The number of benzene rings is 2. The summed E-state index contributed by atoms with van der Waals surface area (Å²) in [5.41, 5.74) is 6.54. The van der Waals surface area contributed by atoms with Crippen molar-refractivity contribution in [2.75, 3.05) is 23.3 Å². The van der Waals surface area contributed by atoms with Gasteiger partial charge in [-0.15, -0.1) is 0 Å². The minimum absolute atomic E-state index is 0.718. The van der Waals surface area contributed by atoms with Crippen LogP contribution in [-0.2, 0) is 19.9 Å². The molecule has 1 saturated heterocycles. The molecule has 0 spiro atoms. The number of nitrogens with zero attached hydrogens (tertiary/aromatic N) is 4. The number of aromatic nitrogens is 3. The maximum atomic E-state index is 7.12. The topological polar surface area (TPSA) is 69.8 Å². The van der Waals surface area contributed by atoms with Crippen molar-refractivity contribution in [1.29, 1.82) is 5.41 Å². The third-order valence-corrected chi connectivity index (χ3v) is 7.13. The largest absolute Gasteiger partial charge is 0.362 e. The lowest BCUT2D eigenvalue weighted by molar-refractivity contribution is 0.608. The molecule has 35 heavy (non-hydrogen) atoms. The van der Waals surface area contributed by atoms with E-state index in [1.807, 2.05) is 25.3 Å². The molecule has 2 aromatic carbocycles. The SMILES string of the molecule is Cc1ncc(Cc2ccc3nc(N4CCC4)c(Cc4ccc(N/C=C\C=N)cc4)c(Cl)c3c2)n1C. The molecule has 3 heterocycles. The number of pyridine rings is 1. The molecule has 4 aromatic rings. The first-order valence-electron chi connectivity index (χ1n) is 11.9. The number of allylic oxidation sites excluding steroid dienone is 1. The Balaban J connectivity index is 1.49. The first-order chi connectivity index (χ1) is 17.0. The van der Waals surface area contributed by atoms with Crippen LogP contribution in [0, 0.1) is 12.3 Å². The van der Waals surface area contributed by atoms with Gasteiger partial charge in [-0.25, -0.2) is 9.97 Å². The second-order valence-corrected chi connectivity index (χ2v) is 9.37. The summed E-state index contributed by atoms with van der Waals surface area (Å²) in [4.78, 5) is 11.8. The van der Waals surface area contributed by atoms with E-state index in [1.165, 1.54) is 29.5 Å². The van der Waals surface area contributed by atoms with Gasteiger partial charge < -0.3 is 20.2 Å². The van der Waals surface area contributed by atoms with Gasteiger partial charge in [0.1, 0.15) is 11.6 Å². The number of imidazole rings is 1. The van der Waals surface area contributed by atoms with Crippen LogP contribution in [0.25, 0.3) is 10.9 Å². The van der Waals surface area contributed by atoms with Crippen LogP contribution in [0.2, 0.25) is 5.02 Å². The molecule has 5 rings (SSSR count). The molecule has 0 amide bonds. The van der Waals surface area contributed by atoms with Crippen LogP contribution < -0.4 is 10.2 Å². The van der Waals surface area contributed by atoms with E-state index in [0.29, 0.717) is 0 Å². The molecule has 0 atom stereocenters. The highest BCUT2D eigenvalue weighted by Crippen LogP contribution is 2.36. The Morgan fingerprint density at radius 3 is 2.51 bits per heavy atom. The fourth-order valence-corrected chi connectivity index (χ4v) is 4.70. The Morgan fingerprint density at radius 2 is 1.86 bits per heavy atom. The van der Waals surface area contributed by atoms with Gasteiger partial charge in [-0.05, 0) is 54.8 Å². The van der Waals surface area contributed by atoms with Gasteiger partial charge >= 0.3 is 0 Å². The predicted molar refractivity (Wildman–Crippen MR) is 145 cm³/mol. The first kappa shape index (κ1) is 23.1. The van der Waals surface area contributed by atoms with Crippen LogP contribution in [-0.4, -0.2) is 33.8 Å². The fourth-order valence-electron chi connectivity index (χ4n) is 4.39. The lowest BCUT2D eigenvalue weighted by Gasteiger charge is -2.34. The Bertz CT molecular complexity index is 1400. The quantitative estimate of drug-likeness (QED) is 0.305. The van der Waals surface area contributed by atoms with E-state index in [-0.39, 0.29) is 0 Å². The van der Waals surface area contributed by atoms with E-state index in [9.17, 15) is 0 Å². The van der Waals surface area contributed by atoms with Crippen LogP contribution in [0.3, 0.4) is 0 Å². The van der Waals surface area contributed by atoms with Crippen molar-refractivity contribution in [2.45, 2.75) is 26.2 Å². The number of halogens is 1. The van der Waals surface area contributed by atoms with Crippen molar-refractivity contribution in [3.05, 3.63) is 94.2 Å². The summed E-state index contributed by atoms with van der Waals surface area (Å²) in [5.74, 6) is 2.01. The van der Waals surface area contributed by atoms with E-state index in [2.05, 4.69) is 57.1 Å². The van der Waals surface area contributed by atoms with Gasteiger partial charge in [-0.2, -0.15) is 0 Å². The van der Waals surface area contributed by atoms with Gasteiger partial charge in [-0.3, -0.25) is 0 Å². The fraction of sp³-hybridized carbons (Fsp3) is 0.250. The number of hydrogen-bond acceptors (Lipinski definition) is 5. The third kappa shape index (κ3) is 4.80. The van der Waals surface area contributed by atoms with Crippen molar-refractivity contribution in [3.8, 4) is 0 Å². The highest BCUT2D eigenvalue weighted by Gasteiger charge is 2.23. The number of nitrogens with one attached hydrogen (secondary N) is 2. The summed E-state index contributed by atoms with van der Waals surface area (Å²) >= 11 is 7.12. The lowest BCUT2D eigenvalue weighted by atomic mass is 9.99. The number of anilines is 2. The summed E-state index contributed by atoms with van der Waals surface area (Å²) in [5, 5.41) is 12.0. The van der Waals surface area contributed by atoms with Gasteiger partial charge in [0, 0.05) is 73.9 Å². The van der Waals surface area contributed by atoms with E-state index >= 15 is 0 Å². The Kier molecular flexibility index (Phi) is 6.55. The van der Waals surface area contributed by atoms with E-state index < -0.39 is 0 Å². The summed E-state index contributed by atoms with van der Waals surface area (Å²) < 4.78 is 2.13. The van der Waals surface area contributed by atoms with Crippen LogP contribution in [0.4, 0.5) is 11.5 Å². The Labute approximate surface area is 210 Å². The smallest absolute Gasteiger partial charge is 0.134 e. The molecule has 1 aliphatic heterocycles. The molecule has 0 saturated carbocycles.